The van der Waals surface area contributed by atoms with Crippen LogP contribution in [-0.4, -0.2) is 16.9 Å². The Morgan fingerprint density at radius 2 is 1.88 bits per heavy atom. The molecule has 0 aliphatic rings. The third kappa shape index (κ3) is 4.40. The number of phenolic OH excluding ortho intramolecular Hbond substituents is 1. The van der Waals surface area contributed by atoms with Gasteiger partial charge in [0.1, 0.15) is 5.75 Å². The SMILES string of the molecule is CC(C)CC(CCl)(CCl)Cc1cccc(O)c1. The summed E-state index contributed by atoms with van der Waals surface area (Å²) in [6.07, 6.45) is 1.81. The van der Waals surface area contributed by atoms with Crippen LogP contribution in [0.25, 0.3) is 0 Å². The van der Waals surface area contributed by atoms with Crippen molar-refractivity contribution in [2.24, 2.45) is 11.3 Å². The lowest BCUT2D eigenvalue weighted by atomic mass is 9.78. The molecule has 0 saturated heterocycles. The van der Waals surface area contributed by atoms with Crippen molar-refractivity contribution in [1.29, 1.82) is 0 Å². The van der Waals surface area contributed by atoms with Crippen molar-refractivity contribution >= 4 is 23.2 Å². The van der Waals surface area contributed by atoms with E-state index in [1.165, 1.54) is 0 Å². The highest BCUT2D eigenvalue weighted by Crippen LogP contribution is 2.34. The standard InChI is InChI=1S/C14H20Cl2O/c1-11(2)7-14(9-15,10-16)8-12-4-3-5-13(17)6-12/h3-6,11,17H,7-10H2,1-2H3. The molecule has 0 aromatic heterocycles. The van der Waals surface area contributed by atoms with Crippen LogP contribution in [0.2, 0.25) is 0 Å². The van der Waals surface area contributed by atoms with Crippen molar-refractivity contribution in [3.8, 4) is 5.75 Å². The van der Waals surface area contributed by atoms with Gasteiger partial charge >= 0.3 is 0 Å². The number of rotatable bonds is 6. The zero-order valence-corrected chi connectivity index (χ0v) is 11.9. The van der Waals surface area contributed by atoms with Crippen LogP contribution >= 0.6 is 23.2 Å². The quantitative estimate of drug-likeness (QED) is 0.761. The Morgan fingerprint density at radius 1 is 1.24 bits per heavy atom. The number of phenols is 1. The summed E-state index contributed by atoms with van der Waals surface area (Å²) < 4.78 is 0. The van der Waals surface area contributed by atoms with Gasteiger partial charge in [0, 0.05) is 17.2 Å². The van der Waals surface area contributed by atoms with Gasteiger partial charge < -0.3 is 5.11 Å². The summed E-state index contributed by atoms with van der Waals surface area (Å²) in [6.45, 7) is 4.35. The zero-order chi connectivity index (χ0) is 12.9. The predicted molar refractivity (Wildman–Crippen MR) is 75.1 cm³/mol. The number of hydrogen-bond donors (Lipinski definition) is 1. The molecule has 1 aromatic rings. The van der Waals surface area contributed by atoms with Crippen LogP contribution in [0.3, 0.4) is 0 Å². The van der Waals surface area contributed by atoms with E-state index in [1.54, 1.807) is 12.1 Å². The Morgan fingerprint density at radius 3 is 2.35 bits per heavy atom. The van der Waals surface area contributed by atoms with Gasteiger partial charge in [-0.25, -0.2) is 0 Å². The lowest BCUT2D eigenvalue weighted by Gasteiger charge is -2.31. The van der Waals surface area contributed by atoms with Gasteiger partial charge in [-0.05, 0) is 36.5 Å². The molecule has 1 N–H and O–H groups in total. The van der Waals surface area contributed by atoms with Crippen LogP contribution in [0.15, 0.2) is 24.3 Å². The average molecular weight is 275 g/mol. The van der Waals surface area contributed by atoms with E-state index in [0.717, 1.165) is 18.4 Å². The van der Waals surface area contributed by atoms with Gasteiger partial charge in [-0.15, -0.1) is 23.2 Å². The summed E-state index contributed by atoms with van der Waals surface area (Å²) in [4.78, 5) is 0. The van der Waals surface area contributed by atoms with E-state index in [0.29, 0.717) is 23.4 Å². The third-order valence-electron chi connectivity index (χ3n) is 2.90. The van der Waals surface area contributed by atoms with E-state index >= 15 is 0 Å². The second-order valence-electron chi connectivity index (χ2n) is 5.21. The molecular weight excluding hydrogens is 255 g/mol. The minimum atomic E-state index is -0.0783. The lowest BCUT2D eigenvalue weighted by Crippen LogP contribution is -2.30. The van der Waals surface area contributed by atoms with E-state index < -0.39 is 0 Å². The maximum Gasteiger partial charge on any atom is 0.115 e. The van der Waals surface area contributed by atoms with E-state index in [2.05, 4.69) is 13.8 Å². The number of aromatic hydroxyl groups is 1. The smallest absolute Gasteiger partial charge is 0.115 e. The van der Waals surface area contributed by atoms with Crippen molar-refractivity contribution in [3.63, 3.8) is 0 Å². The van der Waals surface area contributed by atoms with E-state index in [9.17, 15) is 5.11 Å². The Kier molecular flexibility index (Phi) is 5.61. The summed E-state index contributed by atoms with van der Waals surface area (Å²) in [5, 5.41) is 9.47. The molecular formula is C14H20Cl2O. The van der Waals surface area contributed by atoms with Crippen LogP contribution in [-0.2, 0) is 6.42 Å². The topological polar surface area (TPSA) is 20.2 Å². The van der Waals surface area contributed by atoms with Crippen LogP contribution in [0.1, 0.15) is 25.8 Å². The second kappa shape index (κ2) is 6.51. The Balaban J connectivity index is 2.85. The van der Waals surface area contributed by atoms with E-state index in [4.69, 9.17) is 23.2 Å². The average Bonchev–Trinajstić information content (AvgIpc) is 2.27. The van der Waals surface area contributed by atoms with Gasteiger partial charge in [-0.1, -0.05) is 26.0 Å². The van der Waals surface area contributed by atoms with E-state index in [-0.39, 0.29) is 5.41 Å². The second-order valence-corrected chi connectivity index (χ2v) is 5.75. The molecule has 0 radical (unpaired) electrons. The predicted octanol–water partition coefficient (Wildman–Crippen LogP) is 4.44. The van der Waals surface area contributed by atoms with Crippen LogP contribution in [0, 0.1) is 11.3 Å². The Labute approximate surface area is 114 Å². The molecule has 0 fully saturated rings. The minimum Gasteiger partial charge on any atom is -0.508 e. The summed E-state index contributed by atoms with van der Waals surface area (Å²) in [6, 6.07) is 7.32. The number of benzene rings is 1. The van der Waals surface area contributed by atoms with Gasteiger partial charge in [0.05, 0.1) is 0 Å². The summed E-state index contributed by atoms with van der Waals surface area (Å²) >= 11 is 12.2. The molecule has 1 aromatic carbocycles. The first-order valence-corrected chi connectivity index (χ1v) is 6.98. The molecule has 3 heteroatoms. The molecule has 0 aliphatic carbocycles. The molecule has 0 unspecified atom stereocenters. The fourth-order valence-electron chi connectivity index (χ4n) is 2.28. The fourth-order valence-corrected chi connectivity index (χ4v) is 2.97. The van der Waals surface area contributed by atoms with Crippen LogP contribution < -0.4 is 0 Å². The van der Waals surface area contributed by atoms with Gasteiger partial charge in [-0.2, -0.15) is 0 Å². The first-order valence-electron chi connectivity index (χ1n) is 5.91. The maximum absolute atomic E-state index is 9.47. The summed E-state index contributed by atoms with van der Waals surface area (Å²) in [5.74, 6) is 1.95. The van der Waals surface area contributed by atoms with Gasteiger partial charge in [0.25, 0.3) is 0 Å². The Hall–Kier alpha value is -0.400. The molecule has 96 valence electrons. The highest BCUT2D eigenvalue weighted by atomic mass is 35.5. The zero-order valence-electron chi connectivity index (χ0n) is 10.4. The minimum absolute atomic E-state index is 0.0783. The van der Waals surface area contributed by atoms with Crippen LogP contribution in [0.5, 0.6) is 5.75 Å². The fraction of sp³-hybridized carbons (Fsp3) is 0.571. The van der Waals surface area contributed by atoms with Crippen molar-refractivity contribution in [3.05, 3.63) is 29.8 Å². The highest BCUT2D eigenvalue weighted by Gasteiger charge is 2.29. The van der Waals surface area contributed by atoms with Gasteiger partial charge in [0.15, 0.2) is 0 Å². The third-order valence-corrected chi connectivity index (χ3v) is 4.03. The molecule has 1 rings (SSSR count). The molecule has 1 nitrogen and oxygen atoms in total. The van der Waals surface area contributed by atoms with Crippen molar-refractivity contribution in [1.82, 2.24) is 0 Å². The Bertz CT molecular complexity index is 346. The first kappa shape index (κ1) is 14.7. The monoisotopic (exact) mass is 274 g/mol. The molecule has 17 heavy (non-hydrogen) atoms. The maximum atomic E-state index is 9.47. The molecule has 0 heterocycles. The van der Waals surface area contributed by atoms with Gasteiger partial charge in [0.2, 0.25) is 0 Å². The number of halogens is 2. The molecule has 0 bridgehead atoms. The lowest BCUT2D eigenvalue weighted by molar-refractivity contribution is 0.295. The van der Waals surface area contributed by atoms with Crippen molar-refractivity contribution in [2.45, 2.75) is 26.7 Å². The number of alkyl halides is 2. The van der Waals surface area contributed by atoms with Crippen LogP contribution in [0.4, 0.5) is 0 Å². The normalized spacial score (nSPS) is 12.1. The highest BCUT2D eigenvalue weighted by molar-refractivity contribution is 6.21. The van der Waals surface area contributed by atoms with Crippen molar-refractivity contribution in [2.75, 3.05) is 11.8 Å². The molecule has 0 atom stereocenters. The largest absolute Gasteiger partial charge is 0.508 e. The molecule has 0 saturated carbocycles. The molecule has 0 spiro atoms. The first-order chi connectivity index (χ1) is 8.01. The molecule has 0 aliphatic heterocycles. The van der Waals surface area contributed by atoms with Gasteiger partial charge in [-0.3, -0.25) is 0 Å². The number of hydrogen-bond acceptors (Lipinski definition) is 1. The van der Waals surface area contributed by atoms with Crippen molar-refractivity contribution < 1.29 is 5.11 Å². The van der Waals surface area contributed by atoms with E-state index in [1.807, 2.05) is 12.1 Å². The summed E-state index contributed by atoms with van der Waals surface area (Å²) in [5.41, 5.74) is 1.01. The molecule has 0 amide bonds. The summed E-state index contributed by atoms with van der Waals surface area (Å²) in [7, 11) is 0.